The van der Waals surface area contributed by atoms with Gasteiger partial charge in [0.05, 0.1) is 16.7 Å². The van der Waals surface area contributed by atoms with E-state index in [4.69, 9.17) is 15.2 Å². The van der Waals surface area contributed by atoms with Crippen molar-refractivity contribution >= 4 is 28.1 Å². The van der Waals surface area contributed by atoms with Crippen molar-refractivity contribution in [2.45, 2.75) is 0 Å². The van der Waals surface area contributed by atoms with E-state index in [1.165, 1.54) is 0 Å². The summed E-state index contributed by atoms with van der Waals surface area (Å²) < 4.78 is 4.29. The van der Waals surface area contributed by atoms with Gasteiger partial charge >= 0.3 is 0 Å². The maximum Gasteiger partial charge on any atom is 0.170 e. The van der Waals surface area contributed by atoms with Gasteiger partial charge in [-0.1, -0.05) is 97.1 Å². The monoisotopic (exact) mass is 580 g/mol. The van der Waals surface area contributed by atoms with Crippen molar-refractivity contribution in [2.75, 3.05) is 4.90 Å². The van der Waals surface area contributed by atoms with Crippen molar-refractivity contribution in [1.82, 2.24) is 24.3 Å². The molecular formula is C39H28N6. The number of hydrogen-bond acceptors (Lipinski definition) is 4. The van der Waals surface area contributed by atoms with Gasteiger partial charge in [0.1, 0.15) is 6.33 Å². The first-order chi connectivity index (χ1) is 22.3. The third kappa shape index (κ3) is 4.84. The summed E-state index contributed by atoms with van der Waals surface area (Å²) >= 11 is 0. The summed E-state index contributed by atoms with van der Waals surface area (Å²) in [6, 6.07) is 56.1. The van der Waals surface area contributed by atoms with Crippen LogP contribution >= 0.6 is 0 Å². The fourth-order valence-electron chi connectivity index (χ4n) is 5.85. The van der Waals surface area contributed by atoms with E-state index in [1.54, 1.807) is 0 Å². The molecule has 0 spiro atoms. The van der Waals surface area contributed by atoms with E-state index in [9.17, 15) is 0 Å². The summed E-state index contributed by atoms with van der Waals surface area (Å²) in [5, 5.41) is 9.60. The zero-order valence-electron chi connectivity index (χ0n) is 24.3. The van der Waals surface area contributed by atoms with Gasteiger partial charge in [0.25, 0.3) is 0 Å². The molecule has 0 bridgehead atoms. The van der Waals surface area contributed by atoms with Crippen LogP contribution in [0.5, 0.6) is 0 Å². The van der Waals surface area contributed by atoms with Crippen LogP contribution in [-0.2, 0) is 0 Å². The number of imidazole rings is 1. The standard InChI is InChI=1S/C39H28N6/c1-5-15-29(16-6-1)38-41-42-39(45(38)32-21-11-4-12-22-32)34-26-25-33(27-37(34)43-28-40-35-23-13-14-24-36(35)43)44(30-17-7-2-8-18-30)31-19-9-3-10-20-31/h1-28H. The van der Waals surface area contributed by atoms with Gasteiger partial charge in [-0.2, -0.15) is 0 Å². The largest absolute Gasteiger partial charge is 0.310 e. The molecule has 45 heavy (non-hydrogen) atoms. The van der Waals surface area contributed by atoms with E-state index >= 15 is 0 Å². The Hall–Kier alpha value is -6.27. The van der Waals surface area contributed by atoms with Crippen LogP contribution in [0, 0.1) is 0 Å². The van der Waals surface area contributed by atoms with Gasteiger partial charge in [-0.3, -0.25) is 9.13 Å². The lowest BCUT2D eigenvalue weighted by Gasteiger charge is -2.26. The Bertz CT molecular complexity index is 2170. The van der Waals surface area contributed by atoms with Crippen molar-refractivity contribution in [3.63, 3.8) is 0 Å². The molecule has 2 aromatic heterocycles. The van der Waals surface area contributed by atoms with Gasteiger partial charge in [0.2, 0.25) is 0 Å². The summed E-state index contributed by atoms with van der Waals surface area (Å²) in [6.45, 7) is 0. The molecule has 0 N–H and O–H groups in total. The summed E-state index contributed by atoms with van der Waals surface area (Å²) in [5.74, 6) is 1.52. The molecule has 0 saturated heterocycles. The number of anilines is 3. The van der Waals surface area contributed by atoms with Crippen molar-refractivity contribution in [3.05, 3.63) is 170 Å². The lowest BCUT2D eigenvalue weighted by Crippen LogP contribution is -2.11. The second-order valence-corrected chi connectivity index (χ2v) is 10.7. The number of benzene rings is 6. The average molecular weight is 581 g/mol. The Labute approximate surface area is 261 Å². The summed E-state index contributed by atoms with van der Waals surface area (Å²) in [6.07, 6.45) is 1.89. The molecule has 0 aliphatic carbocycles. The second-order valence-electron chi connectivity index (χ2n) is 10.7. The Morgan fingerprint density at radius 2 is 1.07 bits per heavy atom. The highest BCUT2D eigenvalue weighted by Crippen LogP contribution is 2.39. The highest BCUT2D eigenvalue weighted by atomic mass is 15.3. The van der Waals surface area contributed by atoms with E-state index in [2.05, 4.69) is 111 Å². The van der Waals surface area contributed by atoms with Crippen LogP contribution in [0.3, 0.4) is 0 Å². The molecule has 0 amide bonds. The number of rotatable bonds is 7. The molecule has 0 aliphatic rings. The van der Waals surface area contributed by atoms with E-state index in [-0.39, 0.29) is 0 Å². The van der Waals surface area contributed by atoms with Crippen molar-refractivity contribution in [3.8, 4) is 34.2 Å². The molecule has 6 aromatic carbocycles. The quantitative estimate of drug-likeness (QED) is 0.188. The van der Waals surface area contributed by atoms with Gasteiger partial charge in [-0.15, -0.1) is 10.2 Å². The lowest BCUT2D eigenvalue weighted by atomic mass is 10.1. The van der Waals surface area contributed by atoms with Crippen LogP contribution in [0.2, 0.25) is 0 Å². The van der Waals surface area contributed by atoms with Crippen LogP contribution in [0.25, 0.3) is 45.2 Å². The number of hydrogen-bond donors (Lipinski definition) is 0. The van der Waals surface area contributed by atoms with Gasteiger partial charge in [-0.05, 0) is 66.7 Å². The van der Waals surface area contributed by atoms with Gasteiger partial charge < -0.3 is 4.90 Å². The van der Waals surface area contributed by atoms with E-state index in [0.717, 1.165) is 62.2 Å². The number of aromatic nitrogens is 5. The molecule has 8 aromatic rings. The zero-order valence-corrected chi connectivity index (χ0v) is 24.3. The van der Waals surface area contributed by atoms with Crippen molar-refractivity contribution < 1.29 is 0 Å². The maximum atomic E-state index is 4.85. The zero-order chi connectivity index (χ0) is 30.0. The van der Waals surface area contributed by atoms with Gasteiger partial charge in [-0.25, -0.2) is 4.98 Å². The van der Waals surface area contributed by atoms with E-state index < -0.39 is 0 Å². The topological polar surface area (TPSA) is 51.8 Å². The van der Waals surface area contributed by atoms with Crippen LogP contribution in [0.15, 0.2) is 170 Å². The van der Waals surface area contributed by atoms with Crippen molar-refractivity contribution in [2.24, 2.45) is 0 Å². The Kier molecular flexibility index (Phi) is 6.70. The second kappa shape index (κ2) is 11.4. The molecule has 0 aliphatic heterocycles. The minimum absolute atomic E-state index is 0.741. The number of nitrogens with zero attached hydrogens (tertiary/aromatic N) is 6. The maximum absolute atomic E-state index is 4.85. The lowest BCUT2D eigenvalue weighted by molar-refractivity contribution is 1.05. The van der Waals surface area contributed by atoms with E-state index in [0.29, 0.717) is 0 Å². The molecule has 0 atom stereocenters. The number of fused-ring (bicyclic) bond motifs is 1. The van der Waals surface area contributed by atoms with Crippen LogP contribution in [0.4, 0.5) is 17.1 Å². The van der Waals surface area contributed by atoms with Gasteiger partial charge in [0, 0.05) is 33.9 Å². The highest BCUT2D eigenvalue weighted by molar-refractivity contribution is 5.85. The molecule has 0 radical (unpaired) electrons. The predicted molar refractivity (Wildman–Crippen MR) is 182 cm³/mol. The third-order valence-electron chi connectivity index (χ3n) is 7.93. The molecule has 2 heterocycles. The molecule has 6 nitrogen and oxygen atoms in total. The van der Waals surface area contributed by atoms with Crippen molar-refractivity contribution in [1.29, 1.82) is 0 Å². The molecule has 214 valence electrons. The fraction of sp³-hybridized carbons (Fsp3) is 0. The summed E-state index contributed by atoms with van der Waals surface area (Å²) in [5.41, 5.74) is 8.93. The predicted octanol–water partition coefficient (Wildman–Crippen LogP) is 9.41. The molecule has 0 fully saturated rings. The Morgan fingerprint density at radius 3 is 1.76 bits per heavy atom. The normalized spacial score (nSPS) is 11.1. The third-order valence-corrected chi connectivity index (χ3v) is 7.93. The fourth-order valence-corrected chi connectivity index (χ4v) is 5.85. The minimum Gasteiger partial charge on any atom is -0.310 e. The first kappa shape index (κ1) is 26.4. The molecular weight excluding hydrogens is 552 g/mol. The molecule has 6 heteroatoms. The molecule has 0 saturated carbocycles. The molecule has 8 rings (SSSR count). The van der Waals surface area contributed by atoms with Crippen LogP contribution in [0.1, 0.15) is 0 Å². The first-order valence-corrected chi connectivity index (χ1v) is 14.9. The summed E-state index contributed by atoms with van der Waals surface area (Å²) in [4.78, 5) is 7.03. The minimum atomic E-state index is 0.741. The molecule has 0 unspecified atom stereocenters. The van der Waals surface area contributed by atoms with E-state index in [1.807, 2.05) is 73.1 Å². The first-order valence-electron chi connectivity index (χ1n) is 14.9. The number of para-hydroxylation sites is 5. The smallest absolute Gasteiger partial charge is 0.170 e. The van der Waals surface area contributed by atoms with Gasteiger partial charge in [0.15, 0.2) is 11.6 Å². The average Bonchev–Trinajstić information content (AvgIpc) is 3.75. The Morgan fingerprint density at radius 1 is 0.489 bits per heavy atom. The Balaban J connectivity index is 1.40. The van der Waals surface area contributed by atoms with Crippen LogP contribution in [-0.4, -0.2) is 24.3 Å². The summed E-state index contributed by atoms with van der Waals surface area (Å²) in [7, 11) is 0. The highest BCUT2D eigenvalue weighted by Gasteiger charge is 2.23. The van der Waals surface area contributed by atoms with Crippen LogP contribution < -0.4 is 4.90 Å². The SMILES string of the molecule is c1ccc(-c2nnc(-c3ccc(N(c4ccccc4)c4ccccc4)cc3-n3cnc4ccccc43)n2-c2ccccc2)cc1.